The zero-order chi connectivity index (χ0) is 18.4. The van der Waals surface area contributed by atoms with Crippen LogP contribution in [0.15, 0.2) is 85.1 Å². The highest BCUT2D eigenvalue weighted by Crippen LogP contribution is 2.26. The quantitative estimate of drug-likeness (QED) is 0.658. The first-order chi connectivity index (χ1) is 12.6. The molecule has 0 aliphatic rings. The van der Waals surface area contributed by atoms with Crippen molar-refractivity contribution in [3.05, 3.63) is 96.4 Å². The summed E-state index contributed by atoms with van der Waals surface area (Å²) in [6.45, 7) is 0. The number of amides is 2. The Morgan fingerprint density at radius 3 is 2.19 bits per heavy atom. The first-order valence-corrected chi connectivity index (χ1v) is 8.07. The van der Waals surface area contributed by atoms with Crippen molar-refractivity contribution in [3.8, 4) is 0 Å². The van der Waals surface area contributed by atoms with E-state index in [0.717, 1.165) is 0 Å². The van der Waals surface area contributed by atoms with E-state index in [1.165, 1.54) is 23.2 Å². The van der Waals surface area contributed by atoms with E-state index in [2.05, 4.69) is 5.32 Å². The fourth-order valence-corrected chi connectivity index (χ4v) is 2.46. The Hall–Kier alpha value is -3.60. The molecule has 0 bridgehead atoms. The molecule has 0 spiro atoms. The summed E-state index contributed by atoms with van der Waals surface area (Å²) in [5.74, 6) is -0.351. The minimum absolute atomic E-state index is 0.351. The van der Waals surface area contributed by atoms with Gasteiger partial charge in [-0.25, -0.2) is 9.18 Å². The molecule has 2 amide bonds. The third-order valence-electron chi connectivity index (χ3n) is 3.74. The van der Waals surface area contributed by atoms with Gasteiger partial charge >= 0.3 is 6.03 Å². The Bertz CT molecular complexity index is 908. The molecule has 0 radical (unpaired) electrons. The van der Waals surface area contributed by atoms with Gasteiger partial charge in [0, 0.05) is 17.5 Å². The molecule has 0 aliphatic heterocycles. The van der Waals surface area contributed by atoms with Crippen LogP contribution >= 0.6 is 0 Å². The SMILES string of the molecule is Nc1ccc(N(C(=O)N/C=C/c2ccccc2F)c2ccccc2)cc1. The van der Waals surface area contributed by atoms with Gasteiger partial charge in [0.1, 0.15) is 5.82 Å². The highest BCUT2D eigenvalue weighted by atomic mass is 19.1. The number of anilines is 3. The topological polar surface area (TPSA) is 58.4 Å². The summed E-state index contributed by atoms with van der Waals surface area (Å²) in [6, 6.07) is 22.2. The largest absolute Gasteiger partial charge is 0.399 e. The number of rotatable bonds is 4. The van der Waals surface area contributed by atoms with E-state index in [-0.39, 0.29) is 11.8 Å². The number of halogens is 1. The van der Waals surface area contributed by atoms with Crippen LogP contribution in [0.2, 0.25) is 0 Å². The molecule has 0 aliphatic carbocycles. The van der Waals surface area contributed by atoms with Gasteiger partial charge in [-0.15, -0.1) is 0 Å². The van der Waals surface area contributed by atoms with Crippen molar-refractivity contribution in [2.75, 3.05) is 10.6 Å². The molecule has 0 fully saturated rings. The van der Waals surface area contributed by atoms with Gasteiger partial charge in [-0.05, 0) is 48.5 Å². The van der Waals surface area contributed by atoms with E-state index in [9.17, 15) is 9.18 Å². The average molecular weight is 347 g/mol. The molecule has 5 heteroatoms. The van der Waals surface area contributed by atoms with E-state index in [1.807, 2.05) is 30.3 Å². The van der Waals surface area contributed by atoms with Crippen LogP contribution in [0.5, 0.6) is 0 Å². The number of carbonyl (C=O) groups excluding carboxylic acids is 1. The summed E-state index contributed by atoms with van der Waals surface area (Å²) in [5, 5.41) is 2.68. The highest BCUT2D eigenvalue weighted by molar-refractivity contribution is 6.00. The second-order valence-corrected chi connectivity index (χ2v) is 5.57. The number of benzene rings is 3. The lowest BCUT2D eigenvalue weighted by molar-refractivity contribution is 0.251. The van der Waals surface area contributed by atoms with Crippen molar-refractivity contribution < 1.29 is 9.18 Å². The molecule has 130 valence electrons. The molecule has 0 aromatic heterocycles. The first kappa shape index (κ1) is 17.2. The molecule has 0 unspecified atom stereocenters. The minimum atomic E-state index is -0.367. The lowest BCUT2D eigenvalue weighted by Crippen LogP contribution is -2.33. The molecule has 0 saturated heterocycles. The van der Waals surface area contributed by atoms with Gasteiger partial charge < -0.3 is 11.1 Å². The third-order valence-corrected chi connectivity index (χ3v) is 3.74. The van der Waals surface area contributed by atoms with Crippen molar-refractivity contribution in [3.63, 3.8) is 0 Å². The summed E-state index contributed by atoms with van der Waals surface area (Å²) in [7, 11) is 0. The number of carbonyl (C=O) groups is 1. The predicted octanol–water partition coefficient (Wildman–Crippen LogP) is 4.93. The minimum Gasteiger partial charge on any atom is -0.399 e. The summed E-state index contributed by atoms with van der Waals surface area (Å²) in [6.07, 6.45) is 2.94. The number of hydrogen-bond donors (Lipinski definition) is 2. The van der Waals surface area contributed by atoms with Crippen LogP contribution in [0, 0.1) is 5.82 Å². The highest BCUT2D eigenvalue weighted by Gasteiger charge is 2.16. The zero-order valence-electron chi connectivity index (χ0n) is 14.0. The van der Waals surface area contributed by atoms with Crippen molar-refractivity contribution in [1.82, 2.24) is 5.32 Å². The van der Waals surface area contributed by atoms with Gasteiger partial charge in [0.05, 0.1) is 11.4 Å². The van der Waals surface area contributed by atoms with Crippen LogP contribution in [0.3, 0.4) is 0 Å². The third kappa shape index (κ3) is 4.08. The molecular formula is C21H18FN3O. The molecule has 3 rings (SSSR count). The number of hydrogen-bond acceptors (Lipinski definition) is 2. The van der Waals surface area contributed by atoms with Crippen LogP contribution in [0.1, 0.15) is 5.56 Å². The van der Waals surface area contributed by atoms with Crippen molar-refractivity contribution in [2.24, 2.45) is 0 Å². The second kappa shape index (κ2) is 7.98. The number of nitrogen functional groups attached to an aromatic ring is 1. The van der Waals surface area contributed by atoms with E-state index in [0.29, 0.717) is 22.6 Å². The lowest BCUT2D eigenvalue weighted by atomic mass is 10.2. The Kier molecular flexibility index (Phi) is 5.29. The molecule has 3 aromatic carbocycles. The van der Waals surface area contributed by atoms with Crippen LogP contribution in [0.25, 0.3) is 6.08 Å². The maximum absolute atomic E-state index is 13.7. The van der Waals surface area contributed by atoms with Gasteiger partial charge in [0.15, 0.2) is 0 Å². The summed E-state index contributed by atoms with van der Waals surface area (Å²) < 4.78 is 13.7. The number of para-hydroxylation sites is 1. The molecule has 0 heterocycles. The Morgan fingerprint density at radius 1 is 0.885 bits per heavy atom. The van der Waals surface area contributed by atoms with Crippen LogP contribution in [-0.4, -0.2) is 6.03 Å². The fraction of sp³-hybridized carbons (Fsp3) is 0. The molecular weight excluding hydrogens is 329 g/mol. The predicted molar refractivity (Wildman–Crippen MR) is 103 cm³/mol. The van der Waals surface area contributed by atoms with E-state index >= 15 is 0 Å². The average Bonchev–Trinajstić information content (AvgIpc) is 2.66. The lowest BCUT2D eigenvalue weighted by Gasteiger charge is -2.22. The molecule has 0 atom stereocenters. The Morgan fingerprint density at radius 2 is 1.50 bits per heavy atom. The van der Waals surface area contributed by atoms with Crippen LogP contribution < -0.4 is 16.0 Å². The van der Waals surface area contributed by atoms with Crippen LogP contribution in [0.4, 0.5) is 26.2 Å². The van der Waals surface area contributed by atoms with Crippen molar-refractivity contribution >= 4 is 29.2 Å². The Labute approximate surface area is 151 Å². The summed E-state index contributed by atoms with van der Waals surface area (Å²) in [4.78, 5) is 14.3. The summed E-state index contributed by atoms with van der Waals surface area (Å²) in [5.41, 5.74) is 8.11. The maximum atomic E-state index is 13.7. The van der Waals surface area contributed by atoms with E-state index in [1.54, 1.807) is 42.5 Å². The second-order valence-electron chi connectivity index (χ2n) is 5.57. The first-order valence-electron chi connectivity index (χ1n) is 8.07. The molecule has 26 heavy (non-hydrogen) atoms. The smallest absolute Gasteiger partial charge is 0.330 e. The van der Waals surface area contributed by atoms with Crippen LogP contribution in [-0.2, 0) is 0 Å². The molecule has 3 aromatic rings. The number of nitrogens with zero attached hydrogens (tertiary/aromatic N) is 1. The molecule has 3 N–H and O–H groups in total. The molecule has 0 saturated carbocycles. The number of nitrogens with one attached hydrogen (secondary N) is 1. The van der Waals surface area contributed by atoms with Gasteiger partial charge in [0.25, 0.3) is 0 Å². The Balaban J connectivity index is 1.83. The van der Waals surface area contributed by atoms with Gasteiger partial charge in [-0.2, -0.15) is 0 Å². The number of urea groups is 1. The van der Waals surface area contributed by atoms with Gasteiger partial charge in [-0.3, -0.25) is 4.90 Å². The number of nitrogens with two attached hydrogens (primary N) is 1. The van der Waals surface area contributed by atoms with Crippen molar-refractivity contribution in [2.45, 2.75) is 0 Å². The standard InChI is InChI=1S/C21H18FN3O/c22-20-9-5-4-6-16(20)14-15-24-21(26)25(18-7-2-1-3-8-18)19-12-10-17(23)11-13-19/h1-15H,23H2,(H,24,26)/b15-14+. The fourth-order valence-electron chi connectivity index (χ4n) is 2.46. The summed E-state index contributed by atoms with van der Waals surface area (Å²) >= 11 is 0. The van der Waals surface area contributed by atoms with Crippen molar-refractivity contribution in [1.29, 1.82) is 0 Å². The van der Waals surface area contributed by atoms with E-state index in [4.69, 9.17) is 5.73 Å². The van der Waals surface area contributed by atoms with Gasteiger partial charge in [0.2, 0.25) is 0 Å². The van der Waals surface area contributed by atoms with Gasteiger partial charge in [-0.1, -0.05) is 36.4 Å². The normalized spacial score (nSPS) is 10.7. The zero-order valence-corrected chi connectivity index (χ0v) is 14.0. The molecule has 4 nitrogen and oxygen atoms in total. The van der Waals surface area contributed by atoms with E-state index < -0.39 is 0 Å². The monoisotopic (exact) mass is 347 g/mol. The maximum Gasteiger partial charge on any atom is 0.330 e.